The van der Waals surface area contributed by atoms with Crippen molar-refractivity contribution < 1.29 is 9.90 Å². The molecule has 1 aromatic rings. The molecule has 0 aromatic carbocycles. The highest BCUT2D eigenvalue weighted by Crippen LogP contribution is 2.35. The molecule has 0 saturated heterocycles. The zero-order chi connectivity index (χ0) is 10.1. The van der Waals surface area contributed by atoms with E-state index in [4.69, 9.17) is 10.8 Å². The highest BCUT2D eigenvalue weighted by Gasteiger charge is 2.27. The van der Waals surface area contributed by atoms with Crippen LogP contribution in [0.15, 0.2) is 0 Å². The van der Waals surface area contributed by atoms with Gasteiger partial charge in [0.1, 0.15) is 0 Å². The van der Waals surface area contributed by atoms with Crippen LogP contribution < -0.4 is 5.73 Å². The lowest BCUT2D eigenvalue weighted by molar-refractivity contribution is -0.138. The summed E-state index contributed by atoms with van der Waals surface area (Å²) >= 11 is 1.33. The third-order valence-corrected chi connectivity index (χ3v) is 3.56. The number of rotatable bonds is 1. The number of nitrogens with two attached hydrogens (primary N) is 1. The number of thiazole rings is 1. The number of hydrogen-bond donors (Lipinski definition) is 2. The average Bonchev–Trinajstić information content (AvgIpc) is 2.35. The molecule has 4 nitrogen and oxygen atoms in total. The van der Waals surface area contributed by atoms with E-state index < -0.39 is 5.97 Å². The van der Waals surface area contributed by atoms with E-state index in [0.29, 0.717) is 11.6 Å². The minimum atomic E-state index is -0.753. The van der Waals surface area contributed by atoms with E-state index >= 15 is 0 Å². The van der Waals surface area contributed by atoms with Crippen molar-refractivity contribution in [2.75, 3.05) is 5.73 Å². The molecule has 1 aliphatic carbocycles. The Balaban J connectivity index is 2.40. The van der Waals surface area contributed by atoms with Crippen LogP contribution in [0.3, 0.4) is 0 Å². The van der Waals surface area contributed by atoms with Crippen LogP contribution in [-0.2, 0) is 11.2 Å². The van der Waals surface area contributed by atoms with E-state index in [0.717, 1.165) is 29.8 Å². The van der Waals surface area contributed by atoms with Crippen molar-refractivity contribution in [2.45, 2.75) is 31.6 Å². The molecular weight excluding hydrogens is 200 g/mol. The highest BCUT2D eigenvalue weighted by atomic mass is 32.1. The van der Waals surface area contributed by atoms with Gasteiger partial charge in [-0.1, -0.05) is 6.42 Å². The van der Waals surface area contributed by atoms with Crippen LogP contribution in [0.25, 0.3) is 0 Å². The first kappa shape index (κ1) is 9.45. The number of nitrogen functional groups attached to an aromatic ring is 1. The molecule has 1 aromatic heterocycles. The molecule has 3 N–H and O–H groups in total. The monoisotopic (exact) mass is 212 g/mol. The largest absolute Gasteiger partial charge is 0.481 e. The first-order valence-corrected chi connectivity index (χ1v) is 5.48. The molecule has 0 aliphatic heterocycles. The van der Waals surface area contributed by atoms with Gasteiger partial charge >= 0.3 is 5.97 Å². The molecule has 0 radical (unpaired) electrons. The Morgan fingerprint density at radius 2 is 2.36 bits per heavy atom. The van der Waals surface area contributed by atoms with Gasteiger partial charge in [-0.2, -0.15) is 0 Å². The molecule has 1 aliphatic rings. The summed E-state index contributed by atoms with van der Waals surface area (Å²) in [7, 11) is 0. The van der Waals surface area contributed by atoms with Crippen LogP contribution in [0.5, 0.6) is 0 Å². The van der Waals surface area contributed by atoms with E-state index in [1.54, 1.807) is 0 Å². The Morgan fingerprint density at radius 3 is 3.07 bits per heavy atom. The number of carboxylic acid groups (broad SMARTS) is 1. The maximum atomic E-state index is 11.0. The van der Waals surface area contributed by atoms with Crippen molar-refractivity contribution in [3.8, 4) is 0 Å². The lowest BCUT2D eigenvalue weighted by Crippen LogP contribution is -2.10. The highest BCUT2D eigenvalue weighted by molar-refractivity contribution is 7.15. The van der Waals surface area contributed by atoms with Gasteiger partial charge in [-0.05, 0) is 19.3 Å². The van der Waals surface area contributed by atoms with Gasteiger partial charge in [0, 0.05) is 4.88 Å². The molecule has 0 spiro atoms. The second-order valence-corrected chi connectivity index (χ2v) is 4.56. The quantitative estimate of drug-likeness (QED) is 0.693. The van der Waals surface area contributed by atoms with Crippen molar-refractivity contribution in [2.24, 2.45) is 0 Å². The zero-order valence-corrected chi connectivity index (χ0v) is 8.51. The third kappa shape index (κ3) is 1.59. The number of carboxylic acids is 1. The van der Waals surface area contributed by atoms with E-state index in [-0.39, 0.29) is 5.92 Å². The predicted octanol–water partition coefficient (Wildman–Crippen LogP) is 1.62. The van der Waals surface area contributed by atoms with Gasteiger partial charge in [-0.3, -0.25) is 4.79 Å². The minimum absolute atomic E-state index is 0.387. The lowest BCUT2D eigenvalue weighted by Gasteiger charge is -2.06. The van der Waals surface area contributed by atoms with Gasteiger partial charge in [0.2, 0.25) is 0 Å². The molecule has 14 heavy (non-hydrogen) atoms. The van der Waals surface area contributed by atoms with Crippen LogP contribution in [-0.4, -0.2) is 16.1 Å². The lowest BCUT2D eigenvalue weighted by atomic mass is 10.0. The normalized spacial score (nSPS) is 21.3. The molecule has 76 valence electrons. The number of carbonyl (C=O) groups is 1. The average molecular weight is 212 g/mol. The Bertz CT molecular complexity index is 362. The number of aryl methyl sites for hydroxylation is 1. The van der Waals surface area contributed by atoms with Gasteiger partial charge in [-0.15, -0.1) is 11.3 Å². The van der Waals surface area contributed by atoms with E-state index in [2.05, 4.69) is 4.98 Å². The summed E-state index contributed by atoms with van der Waals surface area (Å²) in [6, 6.07) is 0. The topological polar surface area (TPSA) is 76.2 Å². The van der Waals surface area contributed by atoms with Crippen molar-refractivity contribution in [3.05, 3.63) is 10.6 Å². The summed E-state index contributed by atoms with van der Waals surface area (Å²) in [4.78, 5) is 16.1. The fourth-order valence-corrected chi connectivity index (χ4v) is 2.85. The Kier molecular flexibility index (Phi) is 2.41. The second-order valence-electron chi connectivity index (χ2n) is 3.50. The summed E-state index contributed by atoms with van der Waals surface area (Å²) in [6.45, 7) is 0. The number of nitrogens with zero attached hydrogens (tertiary/aromatic N) is 1. The van der Waals surface area contributed by atoms with Gasteiger partial charge in [0.05, 0.1) is 11.6 Å². The van der Waals surface area contributed by atoms with E-state index in [1.165, 1.54) is 11.3 Å². The summed E-state index contributed by atoms with van der Waals surface area (Å²) in [5.74, 6) is -1.14. The molecule has 0 saturated carbocycles. The first-order chi connectivity index (χ1) is 6.68. The van der Waals surface area contributed by atoms with Crippen molar-refractivity contribution in [3.63, 3.8) is 0 Å². The molecule has 1 heterocycles. The number of aromatic nitrogens is 1. The molecule has 5 heteroatoms. The Labute approximate surface area is 85.8 Å². The van der Waals surface area contributed by atoms with Gasteiger partial charge in [-0.25, -0.2) is 4.98 Å². The molecule has 1 unspecified atom stereocenters. The Hall–Kier alpha value is -1.10. The molecular formula is C9H12N2O2S. The maximum Gasteiger partial charge on any atom is 0.311 e. The standard InChI is InChI=1S/C9H12N2O2S/c10-9-11-6-4-2-1-3-5(8(12)13)7(6)14-9/h5H,1-4H2,(H2,10,11)(H,12,13). The van der Waals surface area contributed by atoms with Crippen LogP contribution in [0.1, 0.15) is 35.8 Å². The molecule has 0 fully saturated rings. The second kappa shape index (κ2) is 3.57. The molecule has 2 rings (SSSR count). The van der Waals surface area contributed by atoms with Gasteiger partial charge in [0.25, 0.3) is 0 Å². The predicted molar refractivity (Wildman–Crippen MR) is 54.5 cm³/mol. The van der Waals surface area contributed by atoms with Crippen molar-refractivity contribution in [1.29, 1.82) is 0 Å². The molecule has 0 amide bonds. The summed E-state index contributed by atoms with van der Waals surface area (Å²) in [6.07, 6.45) is 3.55. The van der Waals surface area contributed by atoms with Gasteiger partial charge < -0.3 is 10.8 Å². The number of anilines is 1. The van der Waals surface area contributed by atoms with Crippen LogP contribution in [0.2, 0.25) is 0 Å². The fraction of sp³-hybridized carbons (Fsp3) is 0.556. The van der Waals surface area contributed by atoms with Crippen LogP contribution >= 0.6 is 11.3 Å². The summed E-state index contributed by atoms with van der Waals surface area (Å²) < 4.78 is 0. The van der Waals surface area contributed by atoms with Crippen molar-refractivity contribution in [1.82, 2.24) is 4.98 Å². The maximum absolute atomic E-state index is 11.0. The molecule has 1 atom stereocenters. The summed E-state index contributed by atoms with van der Waals surface area (Å²) in [5, 5.41) is 9.55. The number of fused-ring (bicyclic) bond motifs is 1. The number of hydrogen-bond acceptors (Lipinski definition) is 4. The smallest absolute Gasteiger partial charge is 0.311 e. The van der Waals surface area contributed by atoms with E-state index in [9.17, 15) is 4.79 Å². The fourth-order valence-electron chi connectivity index (χ4n) is 1.84. The SMILES string of the molecule is Nc1nc2c(s1)C(C(=O)O)CCCC2. The first-order valence-electron chi connectivity index (χ1n) is 4.66. The van der Waals surface area contributed by atoms with Crippen molar-refractivity contribution >= 4 is 22.4 Å². The zero-order valence-electron chi connectivity index (χ0n) is 7.69. The van der Waals surface area contributed by atoms with Gasteiger partial charge in [0.15, 0.2) is 5.13 Å². The summed E-state index contributed by atoms with van der Waals surface area (Å²) in [5.41, 5.74) is 6.49. The minimum Gasteiger partial charge on any atom is -0.481 e. The van der Waals surface area contributed by atoms with E-state index in [1.807, 2.05) is 0 Å². The third-order valence-electron chi connectivity index (χ3n) is 2.52. The molecule has 0 bridgehead atoms. The van der Waals surface area contributed by atoms with Crippen LogP contribution in [0, 0.1) is 0 Å². The number of aliphatic carboxylic acids is 1. The van der Waals surface area contributed by atoms with Crippen LogP contribution in [0.4, 0.5) is 5.13 Å². The Morgan fingerprint density at radius 1 is 1.57 bits per heavy atom.